The zero-order valence-electron chi connectivity index (χ0n) is 10.6. The van der Waals surface area contributed by atoms with Gasteiger partial charge in [-0.05, 0) is 34.6 Å². The molecule has 4 heteroatoms. The lowest BCUT2D eigenvalue weighted by Gasteiger charge is -2.32. The van der Waals surface area contributed by atoms with Crippen LogP contribution in [0.5, 0.6) is 0 Å². The van der Waals surface area contributed by atoms with E-state index in [4.69, 9.17) is 14.0 Å². The SMILES string of the molecule is COC/C(C)=C\B1OC(C)(C)C(C)(C)O1. The number of hydrogen-bond acceptors (Lipinski definition) is 3. The average Bonchev–Trinajstić information content (AvgIpc) is 2.19. The molecule has 0 aromatic rings. The van der Waals surface area contributed by atoms with Gasteiger partial charge in [-0.1, -0.05) is 11.5 Å². The first-order valence-electron chi connectivity index (χ1n) is 5.30. The number of methoxy groups -OCH3 is 1. The molecule has 0 atom stereocenters. The lowest BCUT2D eigenvalue weighted by Crippen LogP contribution is -2.41. The minimum absolute atomic E-state index is 0.259. The van der Waals surface area contributed by atoms with Crippen molar-refractivity contribution in [2.45, 2.75) is 45.8 Å². The second-order valence-corrected chi connectivity index (χ2v) is 5.07. The van der Waals surface area contributed by atoms with E-state index < -0.39 is 0 Å². The summed E-state index contributed by atoms with van der Waals surface area (Å²) in [5.41, 5.74) is 0.597. The number of ether oxygens (including phenoxy) is 1. The van der Waals surface area contributed by atoms with Crippen molar-refractivity contribution < 1.29 is 14.0 Å². The molecule has 1 rings (SSSR count). The van der Waals surface area contributed by atoms with Crippen LogP contribution in [0.1, 0.15) is 34.6 Å². The Morgan fingerprint density at radius 3 is 2.07 bits per heavy atom. The van der Waals surface area contributed by atoms with Gasteiger partial charge in [0.05, 0.1) is 17.8 Å². The summed E-state index contributed by atoms with van der Waals surface area (Å²) in [6, 6.07) is 0. The first kappa shape index (κ1) is 12.8. The van der Waals surface area contributed by atoms with E-state index in [-0.39, 0.29) is 18.3 Å². The van der Waals surface area contributed by atoms with Gasteiger partial charge in [0.1, 0.15) is 0 Å². The first-order chi connectivity index (χ1) is 6.78. The summed E-state index contributed by atoms with van der Waals surface area (Å²) in [5.74, 6) is 1.97. The Labute approximate surface area is 92.9 Å². The van der Waals surface area contributed by atoms with Crippen molar-refractivity contribution in [3.63, 3.8) is 0 Å². The van der Waals surface area contributed by atoms with Crippen LogP contribution in [-0.2, 0) is 14.0 Å². The molecule has 0 unspecified atom stereocenters. The molecule has 1 heterocycles. The van der Waals surface area contributed by atoms with E-state index in [2.05, 4.69) is 0 Å². The standard InChI is InChI=1S/C11H21BO3/c1-9(8-13-6)7-12-14-10(2,3)11(4,5)15-12/h7H,8H2,1-6H3/b9-7-. The summed E-state index contributed by atoms with van der Waals surface area (Å²) in [6.07, 6.45) is 0. The van der Waals surface area contributed by atoms with Crippen molar-refractivity contribution in [2.24, 2.45) is 0 Å². The molecule has 0 aromatic heterocycles. The highest BCUT2D eigenvalue weighted by Crippen LogP contribution is 2.37. The maximum absolute atomic E-state index is 5.83. The van der Waals surface area contributed by atoms with Crippen LogP contribution in [0.4, 0.5) is 0 Å². The molecule has 15 heavy (non-hydrogen) atoms. The van der Waals surface area contributed by atoms with Gasteiger partial charge in [0.15, 0.2) is 0 Å². The van der Waals surface area contributed by atoms with Crippen LogP contribution < -0.4 is 0 Å². The first-order valence-corrected chi connectivity index (χ1v) is 5.30. The molecule has 0 radical (unpaired) electrons. The maximum Gasteiger partial charge on any atom is 0.487 e. The fourth-order valence-electron chi connectivity index (χ4n) is 1.46. The van der Waals surface area contributed by atoms with Crippen LogP contribution in [0.2, 0.25) is 0 Å². The molecule has 0 bridgehead atoms. The fraction of sp³-hybridized carbons (Fsp3) is 0.818. The molecule has 1 saturated heterocycles. The summed E-state index contributed by atoms with van der Waals surface area (Å²) in [5, 5.41) is 0. The third kappa shape index (κ3) is 2.83. The van der Waals surface area contributed by atoms with Gasteiger partial charge >= 0.3 is 7.12 Å². The van der Waals surface area contributed by atoms with E-state index >= 15 is 0 Å². The second kappa shape index (κ2) is 4.28. The molecule has 3 nitrogen and oxygen atoms in total. The minimum Gasteiger partial charge on any atom is -0.400 e. The molecule has 0 aromatic carbocycles. The van der Waals surface area contributed by atoms with Crippen LogP contribution in [0, 0.1) is 0 Å². The summed E-state index contributed by atoms with van der Waals surface area (Å²) < 4.78 is 16.7. The van der Waals surface area contributed by atoms with Crippen molar-refractivity contribution in [3.8, 4) is 0 Å². The molecule has 1 fully saturated rings. The topological polar surface area (TPSA) is 27.7 Å². The fourth-order valence-corrected chi connectivity index (χ4v) is 1.46. The second-order valence-electron chi connectivity index (χ2n) is 5.07. The van der Waals surface area contributed by atoms with Gasteiger partial charge in [0, 0.05) is 7.11 Å². The Balaban J connectivity index is 2.67. The van der Waals surface area contributed by atoms with Crippen LogP contribution in [-0.4, -0.2) is 32.0 Å². The Morgan fingerprint density at radius 2 is 1.67 bits per heavy atom. The smallest absolute Gasteiger partial charge is 0.400 e. The van der Waals surface area contributed by atoms with Crippen LogP contribution in [0.15, 0.2) is 11.5 Å². The van der Waals surface area contributed by atoms with Crippen molar-refractivity contribution in [1.82, 2.24) is 0 Å². The number of rotatable bonds is 3. The molecule has 0 N–H and O–H groups in total. The Morgan fingerprint density at radius 1 is 1.20 bits per heavy atom. The van der Waals surface area contributed by atoms with Crippen molar-refractivity contribution in [1.29, 1.82) is 0 Å². The molecule has 1 aliphatic heterocycles. The van der Waals surface area contributed by atoms with Gasteiger partial charge in [-0.15, -0.1) is 0 Å². The highest BCUT2D eigenvalue weighted by Gasteiger charge is 2.50. The normalized spacial score (nSPS) is 24.7. The van der Waals surface area contributed by atoms with E-state index in [0.717, 1.165) is 5.57 Å². The summed E-state index contributed by atoms with van der Waals surface area (Å²) >= 11 is 0. The quantitative estimate of drug-likeness (QED) is 0.671. The van der Waals surface area contributed by atoms with Crippen LogP contribution in [0.25, 0.3) is 0 Å². The summed E-state index contributed by atoms with van der Waals surface area (Å²) in [7, 11) is 1.42. The Kier molecular flexibility index (Phi) is 3.64. The molecular weight excluding hydrogens is 191 g/mol. The van der Waals surface area contributed by atoms with Crippen LogP contribution in [0.3, 0.4) is 0 Å². The molecule has 86 valence electrons. The highest BCUT2D eigenvalue weighted by molar-refractivity contribution is 6.51. The molecule has 0 spiro atoms. The zero-order valence-corrected chi connectivity index (χ0v) is 10.6. The predicted molar refractivity (Wildman–Crippen MR) is 61.7 cm³/mol. The third-order valence-electron chi connectivity index (χ3n) is 3.06. The van der Waals surface area contributed by atoms with Crippen molar-refractivity contribution in [2.75, 3.05) is 13.7 Å². The zero-order chi connectivity index (χ0) is 11.7. The van der Waals surface area contributed by atoms with Gasteiger partial charge in [-0.2, -0.15) is 0 Å². The van der Waals surface area contributed by atoms with E-state index in [9.17, 15) is 0 Å². The van der Waals surface area contributed by atoms with E-state index in [1.165, 1.54) is 0 Å². The summed E-state index contributed by atoms with van der Waals surface area (Å²) in [6.45, 7) is 10.8. The monoisotopic (exact) mass is 212 g/mol. The molecule has 0 amide bonds. The van der Waals surface area contributed by atoms with E-state index in [0.29, 0.717) is 6.61 Å². The van der Waals surface area contributed by atoms with Crippen molar-refractivity contribution in [3.05, 3.63) is 11.5 Å². The largest absolute Gasteiger partial charge is 0.487 e. The van der Waals surface area contributed by atoms with E-state index in [1.807, 2.05) is 40.6 Å². The molecule has 0 saturated carbocycles. The minimum atomic E-state index is -0.262. The Hall–Kier alpha value is -0.315. The van der Waals surface area contributed by atoms with Gasteiger partial charge in [-0.25, -0.2) is 0 Å². The van der Waals surface area contributed by atoms with Crippen molar-refractivity contribution >= 4 is 7.12 Å². The maximum atomic E-state index is 5.83. The summed E-state index contributed by atoms with van der Waals surface area (Å²) in [4.78, 5) is 0. The average molecular weight is 212 g/mol. The highest BCUT2D eigenvalue weighted by atomic mass is 16.7. The van der Waals surface area contributed by atoms with Gasteiger partial charge in [0.2, 0.25) is 0 Å². The van der Waals surface area contributed by atoms with E-state index in [1.54, 1.807) is 7.11 Å². The van der Waals surface area contributed by atoms with Gasteiger partial charge in [-0.3, -0.25) is 0 Å². The van der Waals surface area contributed by atoms with Gasteiger partial charge in [0.25, 0.3) is 0 Å². The van der Waals surface area contributed by atoms with Crippen LogP contribution >= 0.6 is 0 Å². The lowest BCUT2D eigenvalue weighted by atomic mass is 9.87. The molecule has 0 aliphatic carbocycles. The third-order valence-corrected chi connectivity index (χ3v) is 3.06. The predicted octanol–water partition coefficient (Wildman–Crippen LogP) is 2.21. The molecular formula is C11H21BO3. The molecule has 1 aliphatic rings. The Bertz CT molecular complexity index is 243. The van der Waals surface area contributed by atoms with Gasteiger partial charge < -0.3 is 14.0 Å². The number of hydrogen-bond donors (Lipinski definition) is 0. The lowest BCUT2D eigenvalue weighted by molar-refractivity contribution is 0.00578.